The molecular formula is C13H14BrNO4. The number of aromatic hydroxyl groups is 1. The number of hydrogen-bond donors (Lipinski definition) is 1. The molecular weight excluding hydrogens is 314 g/mol. The van der Waals surface area contributed by atoms with Crippen molar-refractivity contribution in [1.29, 1.82) is 0 Å². The molecule has 1 amide bonds. The number of carbonyl (C=O) groups excluding carboxylic acids is 2. The van der Waals surface area contributed by atoms with Gasteiger partial charge in [-0.3, -0.25) is 4.79 Å². The zero-order chi connectivity index (χ0) is 14.0. The highest BCUT2D eigenvalue weighted by molar-refractivity contribution is 9.09. The summed E-state index contributed by atoms with van der Waals surface area (Å²) in [6, 6.07) is 4.35. The third-order valence-electron chi connectivity index (χ3n) is 3.11. The first-order chi connectivity index (χ1) is 9.06. The minimum absolute atomic E-state index is 0.0174. The van der Waals surface area contributed by atoms with Crippen molar-refractivity contribution in [2.45, 2.75) is 6.42 Å². The highest BCUT2D eigenvalue weighted by Gasteiger charge is 2.31. The topological polar surface area (TPSA) is 66.8 Å². The number of hydrogen-bond acceptors (Lipinski definition) is 4. The third kappa shape index (κ3) is 2.73. The van der Waals surface area contributed by atoms with Crippen LogP contribution in [0.1, 0.15) is 16.8 Å². The minimum Gasteiger partial charge on any atom is -0.506 e. The summed E-state index contributed by atoms with van der Waals surface area (Å²) < 4.78 is 4.63. The number of ether oxygens (including phenoxy) is 1. The molecule has 5 nitrogen and oxygen atoms in total. The number of anilines is 1. The smallest absolute Gasteiger partial charge is 0.337 e. The number of phenolic OH excluding ortho intramolecular Hbond substituents is 1. The molecule has 1 saturated heterocycles. The fourth-order valence-corrected chi connectivity index (χ4v) is 2.54. The number of phenols is 1. The van der Waals surface area contributed by atoms with E-state index < -0.39 is 5.97 Å². The summed E-state index contributed by atoms with van der Waals surface area (Å²) in [6.45, 7) is 0.530. The fourth-order valence-electron chi connectivity index (χ4n) is 2.10. The Labute approximate surface area is 119 Å². The molecule has 2 rings (SSSR count). The molecule has 1 N–H and O–H groups in total. The predicted molar refractivity (Wildman–Crippen MR) is 73.7 cm³/mol. The second-order valence-corrected chi connectivity index (χ2v) is 5.07. The van der Waals surface area contributed by atoms with Crippen LogP contribution in [0.25, 0.3) is 0 Å². The van der Waals surface area contributed by atoms with Crippen molar-refractivity contribution >= 4 is 33.5 Å². The molecule has 1 atom stereocenters. The van der Waals surface area contributed by atoms with Crippen LogP contribution in [0.2, 0.25) is 0 Å². The van der Waals surface area contributed by atoms with Crippen molar-refractivity contribution in [1.82, 2.24) is 0 Å². The van der Waals surface area contributed by atoms with Crippen LogP contribution in [-0.4, -0.2) is 36.0 Å². The van der Waals surface area contributed by atoms with Crippen molar-refractivity contribution in [3.8, 4) is 5.75 Å². The normalized spacial score (nSPS) is 18.7. The van der Waals surface area contributed by atoms with Crippen LogP contribution < -0.4 is 4.90 Å². The number of carbonyl (C=O) groups is 2. The average molecular weight is 328 g/mol. The van der Waals surface area contributed by atoms with E-state index in [4.69, 9.17) is 0 Å². The molecule has 1 aromatic carbocycles. The maximum atomic E-state index is 11.9. The molecule has 19 heavy (non-hydrogen) atoms. The zero-order valence-electron chi connectivity index (χ0n) is 10.4. The first-order valence-electron chi connectivity index (χ1n) is 5.84. The lowest BCUT2D eigenvalue weighted by atomic mass is 10.1. The van der Waals surface area contributed by atoms with Gasteiger partial charge in [-0.1, -0.05) is 15.9 Å². The maximum Gasteiger partial charge on any atom is 0.337 e. The molecule has 1 unspecified atom stereocenters. The van der Waals surface area contributed by atoms with Crippen LogP contribution >= 0.6 is 15.9 Å². The number of esters is 1. The molecule has 0 aliphatic carbocycles. The largest absolute Gasteiger partial charge is 0.506 e. The van der Waals surface area contributed by atoms with Crippen LogP contribution in [-0.2, 0) is 9.53 Å². The summed E-state index contributed by atoms with van der Waals surface area (Å²) in [7, 11) is 1.29. The van der Waals surface area contributed by atoms with Crippen molar-refractivity contribution in [3.63, 3.8) is 0 Å². The van der Waals surface area contributed by atoms with Crippen LogP contribution in [0.4, 0.5) is 5.69 Å². The van der Waals surface area contributed by atoms with Gasteiger partial charge in [-0.25, -0.2) is 4.79 Å². The van der Waals surface area contributed by atoms with Crippen LogP contribution in [0.15, 0.2) is 18.2 Å². The SMILES string of the molecule is COC(=O)c1ccc(O)c(N2CC(CBr)CC2=O)c1. The van der Waals surface area contributed by atoms with E-state index in [9.17, 15) is 14.7 Å². The molecule has 0 bridgehead atoms. The third-order valence-corrected chi connectivity index (χ3v) is 4.03. The minimum atomic E-state index is -0.495. The number of methoxy groups -OCH3 is 1. The molecule has 0 radical (unpaired) electrons. The van der Waals surface area contributed by atoms with E-state index >= 15 is 0 Å². The Kier molecular flexibility index (Phi) is 4.09. The van der Waals surface area contributed by atoms with E-state index in [2.05, 4.69) is 20.7 Å². The summed E-state index contributed by atoms with van der Waals surface area (Å²) >= 11 is 3.36. The van der Waals surface area contributed by atoms with Gasteiger partial charge in [-0.05, 0) is 24.1 Å². The van der Waals surface area contributed by atoms with Crippen molar-refractivity contribution in [3.05, 3.63) is 23.8 Å². The molecule has 0 spiro atoms. The van der Waals surface area contributed by atoms with Gasteiger partial charge in [0.05, 0.1) is 18.4 Å². The number of rotatable bonds is 3. The summed E-state index contributed by atoms with van der Waals surface area (Å²) in [6.07, 6.45) is 0.438. The monoisotopic (exact) mass is 327 g/mol. The van der Waals surface area contributed by atoms with Gasteiger partial charge in [0, 0.05) is 18.3 Å². The van der Waals surface area contributed by atoms with Crippen LogP contribution in [0.3, 0.4) is 0 Å². The number of halogens is 1. The highest BCUT2D eigenvalue weighted by atomic mass is 79.9. The Hall–Kier alpha value is -1.56. The Morgan fingerprint density at radius 3 is 2.89 bits per heavy atom. The molecule has 102 valence electrons. The van der Waals surface area contributed by atoms with Gasteiger partial charge in [-0.2, -0.15) is 0 Å². The van der Waals surface area contributed by atoms with Gasteiger partial charge in [-0.15, -0.1) is 0 Å². The maximum absolute atomic E-state index is 11.9. The molecule has 6 heteroatoms. The number of amides is 1. The van der Waals surface area contributed by atoms with Crippen molar-refractivity contribution in [2.24, 2.45) is 5.92 Å². The highest BCUT2D eigenvalue weighted by Crippen LogP contribution is 2.33. The number of benzene rings is 1. The number of nitrogens with zero attached hydrogens (tertiary/aromatic N) is 1. The van der Waals surface area contributed by atoms with E-state index in [0.717, 1.165) is 5.33 Å². The summed E-state index contributed by atoms with van der Waals surface area (Å²) in [5.74, 6) is -0.350. The Balaban J connectivity index is 2.34. The molecule has 1 aliphatic rings. The first kappa shape index (κ1) is 13.9. The van der Waals surface area contributed by atoms with Gasteiger partial charge < -0.3 is 14.7 Å². The van der Waals surface area contributed by atoms with E-state index in [0.29, 0.717) is 24.2 Å². The standard InChI is InChI=1S/C13H14BrNO4/c1-19-13(18)9-2-3-11(16)10(5-9)15-7-8(6-14)4-12(15)17/h2-3,5,8,16H,4,6-7H2,1H3. The zero-order valence-corrected chi connectivity index (χ0v) is 12.0. The average Bonchev–Trinajstić information content (AvgIpc) is 2.79. The Morgan fingerprint density at radius 1 is 1.58 bits per heavy atom. The molecule has 1 fully saturated rings. The second kappa shape index (κ2) is 5.61. The second-order valence-electron chi connectivity index (χ2n) is 4.42. The van der Waals surface area contributed by atoms with Crippen molar-refractivity contribution in [2.75, 3.05) is 23.9 Å². The Bertz CT molecular complexity index is 517. The van der Waals surface area contributed by atoms with Crippen LogP contribution in [0.5, 0.6) is 5.75 Å². The van der Waals surface area contributed by atoms with E-state index in [-0.39, 0.29) is 17.6 Å². The lowest BCUT2D eigenvalue weighted by Gasteiger charge is -2.18. The summed E-state index contributed by atoms with van der Waals surface area (Å²) in [4.78, 5) is 24.9. The van der Waals surface area contributed by atoms with Gasteiger partial charge in [0.1, 0.15) is 5.75 Å². The lowest BCUT2D eigenvalue weighted by molar-refractivity contribution is -0.117. The predicted octanol–water partition coefficient (Wildman–Crippen LogP) is 1.93. The van der Waals surface area contributed by atoms with Crippen molar-refractivity contribution < 1.29 is 19.4 Å². The molecule has 0 aromatic heterocycles. The number of alkyl halides is 1. The van der Waals surface area contributed by atoms with Gasteiger partial charge in [0.25, 0.3) is 0 Å². The van der Waals surface area contributed by atoms with Gasteiger partial charge >= 0.3 is 5.97 Å². The molecule has 1 heterocycles. The fraction of sp³-hybridized carbons (Fsp3) is 0.385. The van der Waals surface area contributed by atoms with E-state index in [1.54, 1.807) is 0 Å². The molecule has 1 aromatic rings. The van der Waals surface area contributed by atoms with Crippen LogP contribution in [0, 0.1) is 5.92 Å². The molecule has 1 aliphatic heterocycles. The van der Waals surface area contributed by atoms with E-state index in [1.165, 1.54) is 30.2 Å². The molecule has 0 saturated carbocycles. The van der Waals surface area contributed by atoms with Gasteiger partial charge in [0.15, 0.2) is 0 Å². The lowest BCUT2D eigenvalue weighted by Crippen LogP contribution is -2.25. The first-order valence-corrected chi connectivity index (χ1v) is 6.96. The Morgan fingerprint density at radius 2 is 2.32 bits per heavy atom. The quantitative estimate of drug-likeness (QED) is 0.680. The summed E-state index contributed by atoms with van der Waals surface area (Å²) in [5, 5.41) is 10.6. The van der Waals surface area contributed by atoms with Gasteiger partial charge in [0.2, 0.25) is 5.91 Å². The summed E-state index contributed by atoms with van der Waals surface area (Å²) in [5.41, 5.74) is 0.668. The van der Waals surface area contributed by atoms with E-state index in [1.807, 2.05) is 0 Å².